The fourth-order valence-electron chi connectivity index (χ4n) is 1.84. The quantitative estimate of drug-likeness (QED) is 0.657. The van der Waals surface area contributed by atoms with Gasteiger partial charge in [-0.3, -0.25) is 0 Å². The first-order chi connectivity index (χ1) is 9.22. The molecule has 0 heterocycles. The molecule has 1 N–H and O–H groups in total. The Morgan fingerprint density at radius 1 is 1.16 bits per heavy atom. The molecule has 0 amide bonds. The van der Waals surface area contributed by atoms with E-state index in [9.17, 15) is 5.11 Å². The van der Waals surface area contributed by atoms with Crippen LogP contribution in [-0.2, 0) is 16.4 Å². The van der Waals surface area contributed by atoms with Crippen LogP contribution in [0.1, 0.15) is 16.7 Å². The van der Waals surface area contributed by atoms with E-state index in [0.717, 1.165) is 16.7 Å². The van der Waals surface area contributed by atoms with Crippen LogP contribution in [0.3, 0.4) is 0 Å². The molecule has 0 radical (unpaired) electrons. The molecule has 2 rings (SSSR count). The summed E-state index contributed by atoms with van der Waals surface area (Å²) < 4.78 is 0. The zero-order chi connectivity index (χ0) is 13.7. The summed E-state index contributed by atoms with van der Waals surface area (Å²) in [5.74, 6) is 0.204. The van der Waals surface area contributed by atoms with Gasteiger partial charge in [0.05, 0.1) is 7.11 Å². The van der Waals surface area contributed by atoms with Gasteiger partial charge in [0.25, 0.3) is 0 Å². The summed E-state index contributed by atoms with van der Waals surface area (Å²) in [7, 11) is 1.46. The van der Waals surface area contributed by atoms with Gasteiger partial charge in [-0.2, -0.15) is 0 Å². The summed E-state index contributed by atoms with van der Waals surface area (Å²) >= 11 is 0. The van der Waals surface area contributed by atoms with Crippen LogP contribution in [0.4, 0.5) is 0 Å². The van der Waals surface area contributed by atoms with Crippen molar-refractivity contribution in [2.24, 2.45) is 0 Å². The van der Waals surface area contributed by atoms with Gasteiger partial charge >= 0.3 is 0 Å². The van der Waals surface area contributed by atoms with Gasteiger partial charge in [-0.1, -0.05) is 43.0 Å². The molecular formula is C16H16O3. The highest BCUT2D eigenvalue weighted by Crippen LogP contribution is 2.30. The van der Waals surface area contributed by atoms with Crippen molar-refractivity contribution in [1.29, 1.82) is 0 Å². The molecule has 3 heteroatoms. The molecule has 0 aromatic heterocycles. The fraction of sp³-hybridized carbons (Fsp3) is 0.125. The first-order valence-electron chi connectivity index (χ1n) is 5.94. The minimum Gasteiger partial charge on any atom is -0.507 e. The Hall–Kier alpha value is -2.10. The lowest BCUT2D eigenvalue weighted by Gasteiger charge is -2.10. The van der Waals surface area contributed by atoms with Crippen molar-refractivity contribution in [2.45, 2.75) is 6.61 Å². The minimum atomic E-state index is 0.204. The molecule has 0 unspecified atom stereocenters. The normalized spacial score (nSPS) is 10.4. The standard InChI is InChI=1S/C16H16O3/c1-12(14-6-4-3-5-7-14)15-10-13(11-19-18-2)8-9-16(15)17/h3-10,17H,1,11H2,2H3. The van der Waals surface area contributed by atoms with Crippen LogP contribution < -0.4 is 0 Å². The van der Waals surface area contributed by atoms with Crippen molar-refractivity contribution in [2.75, 3.05) is 7.11 Å². The van der Waals surface area contributed by atoms with E-state index in [2.05, 4.69) is 11.5 Å². The lowest BCUT2D eigenvalue weighted by atomic mass is 9.97. The van der Waals surface area contributed by atoms with Crippen molar-refractivity contribution in [1.82, 2.24) is 0 Å². The fourth-order valence-corrected chi connectivity index (χ4v) is 1.84. The number of phenolic OH excluding ortho intramolecular Hbond substituents is 1. The van der Waals surface area contributed by atoms with Gasteiger partial charge in [-0.25, -0.2) is 9.78 Å². The van der Waals surface area contributed by atoms with E-state index in [0.29, 0.717) is 12.2 Å². The van der Waals surface area contributed by atoms with E-state index in [1.807, 2.05) is 36.4 Å². The molecule has 0 saturated heterocycles. The molecule has 0 aliphatic rings. The molecule has 98 valence electrons. The van der Waals surface area contributed by atoms with Crippen LogP contribution in [0.25, 0.3) is 5.57 Å². The monoisotopic (exact) mass is 256 g/mol. The van der Waals surface area contributed by atoms with Crippen molar-refractivity contribution >= 4 is 5.57 Å². The van der Waals surface area contributed by atoms with Crippen LogP contribution in [0.15, 0.2) is 55.1 Å². The second-order valence-corrected chi connectivity index (χ2v) is 4.12. The third-order valence-corrected chi connectivity index (χ3v) is 2.85. The van der Waals surface area contributed by atoms with Crippen molar-refractivity contribution in [3.05, 3.63) is 71.8 Å². The van der Waals surface area contributed by atoms with Gasteiger partial charge in [-0.15, -0.1) is 0 Å². The molecule has 2 aromatic carbocycles. The summed E-state index contributed by atoms with van der Waals surface area (Å²) in [5, 5.41) is 9.96. The Bertz CT molecular complexity index is 561. The van der Waals surface area contributed by atoms with Gasteiger partial charge in [0.1, 0.15) is 12.4 Å². The number of hydrogen-bond acceptors (Lipinski definition) is 3. The lowest BCUT2D eigenvalue weighted by molar-refractivity contribution is -0.282. The van der Waals surface area contributed by atoms with E-state index >= 15 is 0 Å². The van der Waals surface area contributed by atoms with Gasteiger partial charge in [0.15, 0.2) is 0 Å². The van der Waals surface area contributed by atoms with Crippen LogP contribution >= 0.6 is 0 Å². The molecule has 0 spiro atoms. The van der Waals surface area contributed by atoms with Crippen molar-refractivity contribution in [3.63, 3.8) is 0 Å². The first kappa shape index (κ1) is 13.3. The highest BCUT2D eigenvalue weighted by Gasteiger charge is 2.08. The zero-order valence-electron chi connectivity index (χ0n) is 10.8. The Morgan fingerprint density at radius 3 is 2.58 bits per heavy atom. The Labute approximate surface area is 112 Å². The second-order valence-electron chi connectivity index (χ2n) is 4.12. The average molecular weight is 256 g/mol. The molecule has 3 nitrogen and oxygen atoms in total. The van der Waals surface area contributed by atoms with Crippen molar-refractivity contribution in [3.8, 4) is 5.75 Å². The topological polar surface area (TPSA) is 38.7 Å². The van der Waals surface area contributed by atoms with Crippen molar-refractivity contribution < 1.29 is 14.9 Å². The molecule has 0 aliphatic carbocycles. The Kier molecular flexibility index (Phi) is 4.34. The van der Waals surface area contributed by atoms with Gasteiger partial charge < -0.3 is 5.11 Å². The maximum atomic E-state index is 9.96. The molecule has 0 bridgehead atoms. The number of rotatable bonds is 5. The predicted molar refractivity (Wildman–Crippen MR) is 74.5 cm³/mol. The molecule has 19 heavy (non-hydrogen) atoms. The third-order valence-electron chi connectivity index (χ3n) is 2.85. The van der Waals surface area contributed by atoms with Crippen LogP contribution in [0, 0.1) is 0 Å². The smallest absolute Gasteiger partial charge is 0.123 e. The van der Waals surface area contributed by atoms with E-state index in [1.54, 1.807) is 12.1 Å². The van der Waals surface area contributed by atoms with Crippen LogP contribution in [-0.4, -0.2) is 12.2 Å². The maximum Gasteiger partial charge on any atom is 0.123 e. The average Bonchev–Trinajstić information content (AvgIpc) is 2.46. The van der Waals surface area contributed by atoms with E-state index < -0.39 is 0 Å². The zero-order valence-corrected chi connectivity index (χ0v) is 10.8. The predicted octanol–water partition coefficient (Wildman–Crippen LogP) is 3.53. The SMILES string of the molecule is C=C(c1ccccc1)c1cc(COOC)ccc1O. The summed E-state index contributed by atoms with van der Waals surface area (Å²) in [6.45, 7) is 4.37. The van der Waals surface area contributed by atoms with E-state index in [4.69, 9.17) is 4.89 Å². The first-order valence-corrected chi connectivity index (χ1v) is 5.94. The molecule has 2 aromatic rings. The molecular weight excluding hydrogens is 240 g/mol. The van der Waals surface area contributed by atoms with Gasteiger partial charge in [0, 0.05) is 5.56 Å². The summed E-state index contributed by atoms with van der Waals surface area (Å²) in [5.41, 5.74) is 3.36. The summed E-state index contributed by atoms with van der Waals surface area (Å²) in [4.78, 5) is 9.46. The summed E-state index contributed by atoms with van der Waals surface area (Å²) in [6.07, 6.45) is 0. The van der Waals surface area contributed by atoms with E-state index in [1.165, 1.54) is 7.11 Å². The minimum absolute atomic E-state index is 0.204. The maximum absolute atomic E-state index is 9.96. The highest BCUT2D eigenvalue weighted by atomic mass is 17.2. The molecule has 0 saturated carbocycles. The van der Waals surface area contributed by atoms with Crippen LogP contribution in [0.2, 0.25) is 0 Å². The largest absolute Gasteiger partial charge is 0.507 e. The molecule has 0 aliphatic heterocycles. The Morgan fingerprint density at radius 2 is 1.89 bits per heavy atom. The third kappa shape index (κ3) is 3.22. The lowest BCUT2D eigenvalue weighted by Crippen LogP contribution is -1.94. The number of aromatic hydroxyl groups is 1. The number of hydrogen-bond donors (Lipinski definition) is 1. The highest BCUT2D eigenvalue weighted by molar-refractivity contribution is 5.81. The van der Waals surface area contributed by atoms with E-state index in [-0.39, 0.29) is 5.75 Å². The Balaban J connectivity index is 2.30. The summed E-state index contributed by atoms with van der Waals surface area (Å²) in [6, 6.07) is 15.0. The number of phenols is 1. The molecule has 0 fully saturated rings. The van der Waals surface area contributed by atoms with Crippen LogP contribution in [0.5, 0.6) is 5.75 Å². The van der Waals surface area contributed by atoms with Gasteiger partial charge in [-0.05, 0) is 28.8 Å². The second kappa shape index (κ2) is 6.18. The van der Waals surface area contributed by atoms with Gasteiger partial charge in [0.2, 0.25) is 0 Å². The molecule has 0 atom stereocenters. The number of benzene rings is 2.